The molecular weight excluding hydrogens is 342 g/mol. The quantitative estimate of drug-likeness (QED) is 0.730. The Bertz CT molecular complexity index is 855. The molecule has 0 heterocycles. The fourth-order valence-corrected chi connectivity index (χ4v) is 6.95. The van der Waals surface area contributed by atoms with Crippen LogP contribution in [0.25, 0.3) is 0 Å². The van der Waals surface area contributed by atoms with E-state index in [9.17, 15) is 4.79 Å². The molecule has 4 bridgehead atoms. The largest absolute Gasteiger partial charge is 0.349 e. The molecule has 0 radical (unpaired) electrons. The highest BCUT2D eigenvalue weighted by atomic mass is 16.2. The van der Waals surface area contributed by atoms with Gasteiger partial charge < -0.3 is 5.32 Å². The minimum absolute atomic E-state index is 0.0667. The molecule has 146 valence electrons. The Morgan fingerprint density at radius 1 is 0.964 bits per heavy atom. The monoisotopic (exact) mass is 373 g/mol. The van der Waals surface area contributed by atoms with Gasteiger partial charge in [0, 0.05) is 0 Å². The summed E-state index contributed by atoms with van der Waals surface area (Å²) in [7, 11) is 0. The van der Waals surface area contributed by atoms with E-state index in [2.05, 4.69) is 67.7 Å². The number of benzene rings is 2. The van der Waals surface area contributed by atoms with Gasteiger partial charge in [0.25, 0.3) is 0 Å². The molecule has 0 saturated heterocycles. The first kappa shape index (κ1) is 18.0. The lowest BCUT2D eigenvalue weighted by molar-refractivity contribution is -0.149. The Morgan fingerprint density at radius 3 is 2.25 bits per heavy atom. The highest BCUT2D eigenvalue weighted by molar-refractivity contribution is 5.84. The Labute approximate surface area is 168 Å². The zero-order valence-corrected chi connectivity index (χ0v) is 17.1. The van der Waals surface area contributed by atoms with Gasteiger partial charge in [-0.2, -0.15) is 0 Å². The van der Waals surface area contributed by atoms with Gasteiger partial charge >= 0.3 is 0 Å². The van der Waals surface area contributed by atoms with Crippen molar-refractivity contribution in [3.8, 4) is 0 Å². The summed E-state index contributed by atoms with van der Waals surface area (Å²) >= 11 is 0. The summed E-state index contributed by atoms with van der Waals surface area (Å²) in [6.45, 7) is 4.27. The fraction of sp³-hybridized carbons (Fsp3) is 0.500. The molecule has 1 N–H and O–H groups in total. The molecule has 2 nitrogen and oxygen atoms in total. The first-order chi connectivity index (χ1) is 13.5. The van der Waals surface area contributed by atoms with Crippen molar-refractivity contribution in [3.63, 3.8) is 0 Å². The minimum atomic E-state index is -0.169. The van der Waals surface area contributed by atoms with Crippen molar-refractivity contribution in [2.75, 3.05) is 0 Å². The third-order valence-electron chi connectivity index (χ3n) is 7.85. The first-order valence-electron chi connectivity index (χ1n) is 10.9. The van der Waals surface area contributed by atoms with Crippen LogP contribution in [0.2, 0.25) is 0 Å². The summed E-state index contributed by atoms with van der Waals surface area (Å²) in [4.78, 5) is 13.6. The number of hydrogen-bond acceptors (Lipinski definition) is 1. The van der Waals surface area contributed by atoms with Gasteiger partial charge in [0.2, 0.25) is 5.91 Å². The molecule has 28 heavy (non-hydrogen) atoms. The summed E-state index contributed by atoms with van der Waals surface area (Å²) in [5.41, 5.74) is 4.02. The number of amides is 1. The summed E-state index contributed by atoms with van der Waals surface area (Å²) < 4.78 is 0. The smallest absolute Gasteiger partial charge is 0.226 e. The van der Waals surface area contributed by atoms with Gasteiger partial charge in [-0.15, -0.1) is 0 Å². The molecule has 4 fully saturated rings. The van der Waals surface area contributed by atoms with Crippen molar-refractivity contribution in [2.24, 2.45) is 17.3 Å². The fourth-order valence-electron chi connectivity index (χ4n) is 6.95. The van der Waals surface area contributed by atoms with E-state index in [0.29, 0.717) is 17.7 Å². The molecule has 0 aromatic heterocycles. The molecule has 2 heteroatoms. The maximum atomic E-state index is 13.6. The van der Waals surface area contributed by atoms with Gasteiger partial charge in [-0.1, -0.05) is 60.2 Å². The van der Waals surface area contributed by atoms with Gasteiger partial charge in [-0.05, 0) is 80.8 Å². The minimum Gasteiger partial charge on any atom is -0.349 e. The van der Waals surface area contributed by atoms with E-state index in [1.165, 1.54) is 36.0 Å². The standard InChI is InChI=1S/C26H31NO/c1-18-8-10-23(11-9-18)25-13-20-12-21(14-25)16-26(15-20,17-25)24(28)27-19(2)22-6-4-3-5-7-22/h3-11,19-21H,12-17H2,1-2H3,(H,27,28)/t19-,20-,21-,25?,26?/m1/s1. The van der Waals surface area contributed by atoms with Crippen LogP contribution in [-0.4, -0.2) is 5.91 Å². The van der Waals surface area contributed by atoms with Crippen LogP contribution < -0.4 is 5.32 Å². The van der Waals surface area contributed by atoms with Crippen molar-refractivity contribution in [1.82, 2.24) is 5.32 Å². The van der Waals surface area contributed by atoms with Crippen LogP contribution in [0.4, 0.5) is 0 Å². The van der Waals surface area contributed by atoms with Crippen LogP contribution in [0.1, 0.15) is 68.2 Å². The predicted octanol–water partition coefficient (Wildman–Crippen LogP) is 5.71. The average molecular weight is 374 g/mol. The molecular formula is C26H31NO. The lowest BCUT2D eigenvalue weighted by atomic mass is 9.42. The molecule has 4 saturated carbocycles. The van der Waals surface area contributed by atoms with Crippen LogP contribution in [0, 0.1) is 24.2 Å². The van der Waals surface area contributed by atoms with Crippen LogP contribution in [0.3, 0.4) is 0 Å². The van der Waals surface area contributed by atoms with Crippen LogP contribution in [-0.2, 0) is 10.2 Å². The van der Waals surface area contributed by atoms with E-state index in [1.54, 1.807) is 0 Å². The second kappa shape index (κ2) is 6.47. The predicted molar refractivity (Wildman–Crippen MR) is 113 cm³/mol. The topological polar surface area (TPSA) is 29.1 Å². The van der Waals surface area contributed by atoms with Gasteiger partial charge in [0.05, 0.1) is 11.5 Å². The SMILES string of the molecule is Cc1ccc(C23C[C@H]4C[C@@H](CC(C(=O)N[C@H](C)c5ccccc5)(C4)C2)C3)cc1. The molecule has 2 aromatic rings. The highest BCUT2D eigenvalue weighted by Gasteiger charge is 2.60. The molecule has 0 unspecified atom stereocenters. The molecule has 2 aromatic carbocycles. The Hall–Kier alpha value is -2.09. The second-order valence-electron chi connectivity index (χ2n) is 9.99. The Kier molecular flexibility index (Phi) is 4.15. The molecule has 0 aliphatic heterocycles. The highest BCUT2D eigenvalue weighted by Crippen LogP contribution is 2.65. The third kappa shape index (κ3) is 2.89. The van der Waals surface area contributed by atoms with Gasteiger partial charge in [0.1, 0.15) is 0 Å². The average Bonchev–Trinajstić information content (AvgIpc) is 2.68. The van der Waals surface area contributed by atoms with Crippen molar-refractivity contribution < 1.29 is 4.79 Å². The van der Waals surface area contributed by atoms with Crippen molar-refractivity contribution >= 4 is 5.91 Å². The number of aryl methyl sites for hydroxylation is 1. The van der Waals surface area contributed by atoms with Crippen LogP contribution >= 0.6 is 0 Å². The number of carbonyl (C=O) groups excluding carboxylic acids is 1. The van der Waals surface area contributed by atoms with Crippen molar-refractivity contribution in [3.05, 3.63) is 71.3 Å². The maximum Gasteiger partial charge on any atom is 0.226 e. The number of hydrogen-bond donors (Lipinski definition) is 1. The van der Waals surface area contributed by atoms with Crippen molar-refractivity contribution in [1.29, 1.82) is 0 Å². The summed E-state index contributed by atoms with van der Waals surface area (Å²) in [5.74, 6) is 1.72. The van der Waals surface area contributed by atoms with Gasteiger partial charge in [-0.3, -0.25) is 4.79 Å². The molecule has 4 aliphatic carbocycles. The van der Waals surface area contributed by atoms with E-state index >= 15 is 0 Å². The molecule has 3 atom stereocenters. The second-order valence-corrected chi connectivity index (χ2v) is 9.99. The number of carbonyl (C=O) groups is 1. The third-order valence-corrected chi connectivity index (χ3v) is 7.85. The first-order valence-corrected chi connectivity index (χ1v) is 10.9. The summed E-state index contributed by atoms with van der Waals surface area (Å²) in [6, 6.07) is 19.6. The zero-order valence-electron chi connectivity index (χ0n) is 17.1. The molecule has 1 amide bonds. The molecule has 6 rings (SSSR count). The van der Waals surface area contributed by atoms with Crippen LogP contribution in [0.5, 0.6) is 0 Å². The van der Waals surface area contributed by atoms with Crippen LogP contribution in [0.15, 0.2) is 54.6 Å². The normalized spacial score (nSPS) is 34.2. The zero-order chi connectivity index (χ0) is 19.4. The number of nitrogens with one attached hydrogen (secondary N) is 1. The molecule has 4 aliphatic rings. The maximum absolute atomic E-state index is 13.6. The van der Waals surface area contributed by atoms with Crippen molar-refractivity contribution in [2.45, 2.75) is 63.8 Å². The summed E-state index contributed by atoms with van der Waals surface area (Å²) in [6.07, 6.45) is 7.08. The van der Waals surface area contributed by atoms with E-state index in [-0.39, 0.29) is 16.9 Å². The lowest BCUT2D eigenvalue weighted by Crippen LogP contribution is -2.59. The van der Waals surface area contributed by atoms with E-state index < -0.39 is 0 Å². The molecule has 0 spiro atoms. The van der Waals surface area contributed by atoms with E-state index in [4.69, 9.17) is 0 Å². The Balaban J connectivity index is 1.43. The Morgan fingerprint density at radius 2 is 1.61 bits per heavy atom. The van der Waals surface area contributed by atoms with Gasteiger partial charge in [0.15, 0.2) is 0 Å². The number of rotatable bonds is 4. The van der Waals surface area contributed by atoms with E-state index in [1.807, 2.05) is 6.07 Å². The van der Waals surface area contributed by atoms with Gasteiger partial charge in [-0.25, -0.2) is 0 Å². The lowest BCUT2D eigenvalue weighted by Gasteiger charge is -2.61. The summed E-state index contributed by atoms with van der Waals surface area (Å²) in [5, 5.41) is 3.39. The van der Waals surface area contributed by atoms with E-state index in [0.717, 1.165) is 19.3 Å².